The minimum Gasteiger partial charge on any atom is -0.494 e. The van der Waals surface area contributed by atoms with Gasteiger partial charge in [-0.25, -0.2) is 19.0 Å². The third-order valence-electron chi connectivity index (χ3n) is 3.30. The fourth-order valence-electron chi connectivity index (χ4n) is 2.02. The number of thiazole rings is 1. The molecule has 0 saturated heterocycles. The number of hydrogen-bond acceptors (Lipinski definition) is 8. The predicted molar refractivity (Wildman–Crippen MR) is 109 cm³/mol. The fourth-order valence-corrected chi connectivity index (χ4v) is 2.63. The second kappa shape index (κ2) is 10.5. The van der Waals surface area contributed by atoms with Crippen LogP contribution in [0.15, 0.2) is 23.6 Å². The summed E-state index contributed by atoms with van der Waals surface area (Å²) < 4.78 is 23.4. The molecule has 1 unspecified atom stereocenters. The molecule has 0 radical (unpaired) electrons. The summed E-state index contributed by atoms with van der Waals surface area (Å²) in [5.41, 5.74) is 5.04. The van der Waals surface area contributed by atoms with Crippen LogP contribution in [0.1, 0.15) is 49.8 Å². The number of hydrogen-bond donors (Lipinski definition) is 3. The molecular weight excluding hydrogens is 417 g/mol. The number of nitrogens with zero attached hydrogens (tertiary/aromatic N) is 1. The number of carbonyl (C=O) groups excluding carboxylic acids is 2. The Morgan fingerprint density at radius 2 is 1.93 bits per heavy atom. The number of halogens is 1. The van der Waals surface area contributed by atoms with Crippen molar-refractivity contribution < 1.29 is 33.4 Å². The number of benzene rings is 1. The number of carbonyl (C=O) groups is 3. The number of ether oxygens (including phenoxy) is 2. The Bertz CT molecular complexity index is 910. The molecule has 0 fully saturated rings. The number of rotatable bonds is 5. The second-order valence-corrected chi connectivity index (χ2v) is 7.83. The third kappa shape index (κ3) is 8.03. The Labute approximate surface area is 177 Å². The van der Waals surface area contributed by atoms with Crippen LogP contribution < -0.4 is 15.8 Å². The number of methoxy groups -OCH3 is 1. The molecule has 0 bridgehead atoms. The Balaban J connectivity index is 0.000000414. The van der Waals surface area contributed by atoms with Gasteiger partial charge in [0.25, 0.3) is 0 Å². The standard InChI is InChI=1S/C14H18FNO5.C5H6N2OS/c1-14(2,3)21-13(19)16-11(12(17)18)8-5-6-10(20-4)9(15)7-8;1-3(8)4-2-9-5(6)7-4/h5-7,11H,1-4H3,(H,16,19)(H,17,18);2H,1H3,(H2,6,7). The maximum atomic E-state index is 13.6. The average Bonchev–Trinajstić information content (AvgIpc) is 3.05. The van der Waals surface area contributed by atoms with Gasteiger partial charge in [-0.05, 0) is 38.5 Å². The lowest BCUT2D eigenvalue weighted by atomic mass is 10.1. The largest absolute Gasteiger partial charge is 0.494 e. The first-order chi connectivity index (χ1) is 13.8. The van der Waals surface area contributed by atoms with Crippen LogP contribution in [0.2, 0.25) is 0 Å². The van der Waals surface area contributed by atoms with Crippen molar-refractivity contribution in [3.05, 3.63) is 40.7 Å². The number of ketones is 1. The van der Waals surface area contributed by atoms with E-state index in [1.807, 2.05) is 0 Å². The van der Waals surface area contributed by atoms with Crippen LogP contribution >= 0.6 is 11.3 Å². The van der Waals surface area contributed by atoms with Gasteiger partial charge in [0.05, 0.1) is 7.11 Å². The molecule has 1 heterocycles. The highest BCUT2D eigenvalue weighted by atomic mass is 32.1. The molecule has 1 amide bonds. The molecule has 164 valence electrons. The van der Waals surface area contributed by atoms with Crippen molar-refractivity contribution in [2.75, 3.05) is 12.8 Å². The van der Waals surface area contributed by atoms with Crippen molar-refractivity contribution in [3.8, 4) is 5.75 Å². The maximum Gasteiger partial charge on any atom is 0.408 e. The van der Waals surface area contributed by atoms with E-state index >= 15 is 0 Å². The number of anilines is 1. The summed E-state index contributed by atoms with van der Waals surface area (Å²) in [6.07, 6.45) is -0.897. The normalized spacial score (nSPS) is 11.5. The molecule has 0 aliphatic carbocycles. The fraction of sp³-hybridized carbons (Fsp3) is 0.368. The SMILES string of the molecule is CC(=O)c1csc(N)n1.COc1ccc(C(NC(=O)OC(C)(C)C)C(=O)O)cc1F. The third-order valence-corrected chi connectivity index (χ3v) is 3.97. The molecule has 11 heteroatoms. The number of carboxylic acid groups (broad SMARTS) is 1. The molecule has 2 aromatic rings. The first-order valence-corrected chi connectivity index (χ1v) is 9.49. The van der Waals surface area contributed by atoms with Gasteiger partial charge in [0.15, 0.2) is 28.5 Å². The van der Waals surface area contributed by atoms with Gasteiger partial charge >= 0.3 is 12.1 Å². The first kappa shape index (κ1) is 24.8. The number of alkyl carbamates (subject to hydrolysis) is 1. The summed E-state index contributed by atoms with van der Waals surface area (Å²) in [7, 11) is 1.30. The van der Waals surface area contributed by atoms with Crippen molar-refractivity contribution in [1.82, 2.24) is 10.3 Å². The van der Waals surface area contributed by atoms with Crippen LogP contribution in [0.25, 0.3) is 0 Å². The molecule has 9 nitrogen and oxygen atoms in total. The van der Waals surface area contributed by atoms with Crippen LogP contribution in [0, 0.1) is 5.82 Å². The van der Waals surface area contributed by atoms with Gasteiger partial charge in [-0.2, -0.15) is 0 Å². The van der Waals surface area contributed by atoms with E-state index in [1.165, 1.54) is 37.5 Å². The maximum absolute atomic E-state index is 13.6. The Hall–Kier alpha value is -3.21. The Morgan fingerprint density at radius 1 is 1.30 bits per heavy atom. The van der Waals surface area contributed by atoms with E-state index in [0.717, 1.165) is 6.07 Å². The Kier molecular flexibility index (Phi) is 8.72. The van der Waals surface area contributed by atoms with Gasteiger partial charge in [0.1, 0.15) is 11.3 Å². The summed E-state index contributed by atoms with van der Waals surface area (Å²) in [6, 6.07) is 2.23. The number of amides is 1. The highest BCUT2D eigenvalue weighted by molar-refractivity contribution is 7.13. The molecule has 1 atom stereocenters. The topological polar surface area (TPSA) is 141 Å². The lowest BCUT2D eigenvalue weighted by Gasteiger charge is -2.22. The zero-order valence-corrected chi connectivity index (χ0v) is 18.0. The molecular formula is C19H24FN3O6S. The quantitative estimate of drug-likeness (QED) is 0.600. The molecule has 4 N–H and O–H groups in total. The molecule has 2 rings (SSSR count). The van der Waals surface area contributed by atoms with Crippen LogP contribution in [-0.4, -0.2) is 40.6 Å². The number of aliphatic carboxylic acids is 1. The molecule has 30 heavy (non-hydrogen) atoms. The monoisotopic (exact) mass is 441 g/mol. The predicted octanol–water partition coefficient (Wildman–Crippen LogP) is 3.41. The smallest absolute Gasteiger partial charge is 0.408 e. The van der Waals surface area contributed by atoms with Crippen molar-refractivity contribution in [3.63, 3.8) is 0 Å². The number of Topliss-reactive ketones (excluding diaryl/α,β-unsaturated/α-hetero) is 1. The number of nitrogen functional groups attached to an aromatic ring is 1. The summed E-state index contributed by atoms with van der Waals surface area (Å²) in [4.78, 5) is 37.2. The summed E-state index contributed by atoms with van der Waals surface area (Å²) in [6.45, 7) is 6.41. The molecule has 1 aromatic carbocycles. The zero-order chi connectivity index (χ0) is 23.1. The Morgan fingerprint density at radius 3 is 2.30 bits per heavy atom. The molecule has 0 aliphatic rings. The van der Waals surface area contributed by atoms with E-state index in [0.29, 0.717) is 10.8 Å². The van der Waals surface area contributed by atoms with E-state index in [-0.39, 0.29) is 17.1 Å². The van der Waals surface area contributed by atoms with Crippen LogP contribution in [0.5, 0.6) is 5.75 Å². The van der Waals surface area contributed by atoms with Crippen LogP contribution in [0.4, 0.5) is 14.3 Å². The highest BCUT2D eigenvalue weighted by Crippen LogP contribution is 2.22. The molecule has 0 spiro atoms. The van der Waals surface area contributed by atoms with E-state index in [1.54, 1.807) is 26.2 Å². The van der Waals surface area contributed by atoms with Crippen LogP contribution in [0.3, 0.4) is 0 Å². The van der Waals surface area contributed by atoms with Gasteiger partial charge < -0.3 is 25.6 Å². The van der Waals surface area contributed by atoms with E-state index in [4.69, 9.17) is 20.3 Å². The molecule has 0 saturated carbocycles. The second-order valence-electron chi connectivity index (χ2n) is 6.94. The van der Waals surface area contributed by atoms with Gasteiger partial charge in [0, 0.05) is 12.3 Å². The summed E-state index contributed by atoms with van der Waals surface area (Å²) in [5.74, 6) is -2.10. The lowest BCUT2D eigenvalue weighted by Crippen LogP contribution is -2.38. The minimum absolute atomic E-state index is 0.0137. The molecule has 0 aliphatic heterocycles. The van der Waals surface area contributed by atoms with E-state index in [2.05, 4.69) is 10.3 Å². The van der Waals surface area contributed by atoms with E-state index in [9.17, 15) is 18.8 Å². The van der Waals surface area contributed by atoms with Gasteiger partial charge in [-0.15, -0.1) is 11.3 Å². The van der Waals surface area contributed by atoms with Crippen LogP contribution in [-0.2, 0) is 9.53 Å². The van der Waals surface area contributed by atoms with Crippen molar-refractivity contribution in [1.29, 1.82) is 0 Å². The van der Waals surface area contributed by atoms with Gasteiger partial charge in [0.2, 0.25) is 0 Å². The number of nitrogens with two attached hydrogens (primary N) is 1. The average molecular weight is 441 g/mol. The van der Waals surface area contributed by atoms with Crippen molar-refractivity contribution in [2.45, 2.75) is 39.3 Å². The van der Waals surface area contributed by atoms with Gasteiger partial charge in [-0.3, -0.25) is 4.79 Å². The summed E-state index contributed by atoms with van der Waals surface area (Å²) in [5, 5.41) is 13.4. The number of carboxylic acids is 1. The minimum atomic E-state index is -1.42. The first-order valence-electron chi connectivity index (χ1n) is 8.61. The van der Waals surface area contributed by atoms with E-state index < -0.39 is 29.5 Å². The lowest BCUT2D eigenvalue weighted by molar-refractivity contribution is -0.139. The highest BCUT2D eigenvalue weighted by Gasteiger charge is 2.26. The van der Waals surface area contributed by atoms with Gasteiger partial charge in [-0.1, -0.05) is 6.07 Å². The van der Waals surface area contributed by atoms with Crippen molar-refractivity contribution in [2.24, 2.45) is 0 Å². The summed E-state index contributed by atoms with van der Waals surface area (Å²) >= 11 is 1.28. The number of nitrogens with one attached hydrogen (secondary N) is 1. The van der Waals surface area contributed by atoms with Crippen molar-refractivity contribution >= 4 is 34.3 Å². The molecule has 1 aromatic heterocycles. The zero-order valence-electron chi connectivity index (χ0n) is 17.2. The number of aromatic nitrogens is 1.